The molecule has 0 saturated carbocycles. The van der Waals surface area contributed by atoms with Gasteiger partial charge in [-0.15, -0.1) is 0 Å². The standard InChI is InChI=1S/C21H16N2O4/c24-21(25)12-26-14-6-5-13-9-15-18-11-22-16-3-1-2-4-17(16)23(18)8-7-19(15)27-20(13)10-14/h1-6,9-11,19H,7-8,12H2/p+1. The van der Waals surface area contributed by atoms with Gasteiger partial charge >= 0.3 is 5.97 Å². The molecule has 0 bridgehead atoms. The van der Waals surface area contributed by atoms with Gasteiger partial charge in [0.15, 0.2) is 13.2 Å². The summed E-state index contributed by atoms with van der Waals surface area (Å²) in [6, 6.07) is 13.6. The van der Waals surface area contributed by atoms with Crippen LogP contribution in [0.15, 0.2) is 48.7 Å². The molecule has 0 radical (unpaired) electrons. The van der Waals surface area contributed by atoms with Crippen molar-refractivity contribution in [2.45, 2.75) is 19.1 Å². The zero-order chi connectivity index (χ0) is 18.4. The molecule has 0 fully saturated rings. The molecular formula is C21H17N2O4+. The van der Waals surface area contributed by atoms with E-state index < -0.39 is 5.97 Å². The molecule has 6 nitrogen and oxygen atoms in total. The van der Waals surface area contributed by atoms with Crippen molar-refractivity contribution in [1.29, 1.82) is 0 Å². The molecule has 134 valence electrons. The highest BCUT2D eigenvalue weighted by atomic mass is 16.5. The van der Waals surface area contributed by atoms with Gasteiger partial charge in [-0.2, -0.15) is 4.57 Å². The fraction of sp³-hybridized carbons (Fsp3) is 0.190. The maximum absolute atomic E-state index is 10.7. The second-order valence-electron chi connectivity index (χ2n) is 6.66. The van der Waals surface area contributed by atoms with E-state index in [1.807, 2.05) is 30.5 Å². The van der Waals surface area contributed by atoms with Gasteiger partial charge in [0.2, 0.25) is 11.2 Å². The molecule has 1 aromatic heterocycles. The Morgan fingerprint density at radius 2 is 2.19 bits per heavy atom. The third-order valence-electron chi connectivity index (χ3n) is 4.97. The molecule has 0 saturated heterocycles. The molecule has 3 aromatic rings. The number of hydrogen-bond acceptors (Lipinski definition) is 4. The predicted molar refractivity (Wildman–Crippen MR) is 98.4 cm³/mol. The monoisotopic (exact) mass is 361 g/mol. The number of fused-ring (bicyclic) bond motifs is 6. The van der Waals surface area contributed by atoms with E-state index in [0.29, 0.717) is 11.5 Å². The first kappa shape index (κ1) is 15.8. The summed E-state index contributed by atoms with van der Waals surface area (Å²) in [5, 5.41) is 8.76. The number of rotatable bonds is 3. The quantitative estimate of drug-likeness (QED) is 0.726. The Hall–Kier alpha value is -3.41. The van der Waals surface area contributed by atoms with E-state index in [-0.39, 0.29) is 12.7 Å². The van der Waals surface area contributed by atoms with Crippen molar-refractivity contribution in [2.75, 3.05) is 6.61 Å². The number of aliphatic carboxylic acids is 1. The zero-order valence-electron chi connectivity index (χ0n) is 14.5. The third kappa shape index (κ3) is 2.70. The van der Waals surface area contributed by atoms with E-state index >= 15 is 0 Å². The largest absolute Gasteiger partial charge is 0.484 e. The van der Waals surface area contributed by atoms with E-state index in [1.54, 1.807) is 12.1 Å². The van der Waals surface area contributed by atoms with Crippen LogP contribution in [-0.4, -0.2) is 28.8 Å². The van der Waals surface area contributed by atoms with Gasteiger partial charge in [0, 0.05) is 24.1 Å². The molecule has 0 spiro atoms. The van der Waals surface area contributed by atoms with Crippen LogP contribution in [0.2, 0.25) is 0 Å². The van der Waals surface area contributed by atoms with E-state index in [2.05, 4.69) is 21.7 Å². The molecule has 2 aliphatic rings. The van der Waals surface area contributed by atoms with Crippen LogP contribution in [0.25, 0.3) is 22.7 Å². The average Bonchev–Trinajstić information content (AvgIpc) is 2.70. The molecule has 2 aromatic carbocycles. The summed E-state index contributed by atoms with van der Waals surface area (Å²) in [6.07, 6.45) is 4.86. The van der Waals surface area contributed by atoms with Crippen LogP contribution in [-0.2, 0) is 11.3 Å². The summed E-state index contributed by atoms with van der Waals surface area (Å²) in [6.45, 7) is 0.483. The number of ether oxygens (including phenoxy) is 2. The summed E-state index contributed by atoms with van der Waals surface area (Å²) in [4.78, 5) is 15.3. The number of benzene rings is 2. The SMILES string of the molecule is O=C(O)COc1ccc2c(c1)OC1CC[n+]3c(cnc4ccccc43)C1=C2. The van der Waals surface area contributed by atoms with Gasteiger partial charge in [0.05, 0.1) is 11.8 Å². The molecule has 1 unspecified atom stereocenters. The van der Waals surface area contributed by atoms with Crippen LogP contribution >= 0.6 is 0 Å². The summed E-state index contributed by atoms with van der Waals surface area (Å²) in [5.74, 6) is 0.205. The van der Waals surface area contributed by atoms with Crippen molar-refractivity contribution < 1.29 is 23.9 Å². The molecule has 0 aliphatic carbocycles. The number of aromatic nitrogens is 2. The number of hydrogen-bond donors (Lipinski definition) is 1. The Labute approximate surface area is 155 Å². The minimum Gasteiger partial charge on any atom is -0.484 e. The van der Waals surface area contributed by atoms with Crippen molar-refractivity contribution in [2.24, 2.45) is 0 Å². The first-order valence-electron chi connectivity index (χ1n) is 8.84. The van der Waals surface area contributed by atoms with Crippen molar-refractivity contribution in [3.05, 3.63) is 59.9 Å². The Balaban J connectivity index is 1.56. The first-order valence-corrected chi connectivity index (χ1v) is 8.84. The molecular weight excluding hydrogens is 344 g/mol. The summed E-state index contributed by atoms with van der Waals surface area (Å²) in [7, 11) is 0. The minimum atomic E-state index is -1.00. The van der Waals surface area contributed by atoms with E-state index in [0.717, 1.165) is 40.8 Å². The van der Waals surface area contributed by atoms with Gasteiger partial charge in [0.25, 0.3) is 0 Å². The minimum absolute atomic E-state index is 0.0461. The van der Waals surface area contributed by atoms with E-state index in [9.17, 15) is 4.79 Å². The van der Waals surface area contributed by atoms with Crippen molar-refractivity contribution >= 4 is 28.7 Å². The van der Waals surface area contributed by atoms with Crippen LogP contribution in [0.4, 0.5) is 0 Å². The number of aryl methyl sites for hydroxylation is 1. The van der Waals surface area contributed by atoms with Crippen LogP contribution in [0, 0.1) is 0 Å². The fourth-order valence-electron chi connectivity index (χ4n) is 3.75. The van der Waals surface area contributed by atoms with Gasteiger partial charge < -0.3 is 14.6 Å². The Morgan fingerprint density at radius 1 is 1.30 bits per heavy atom. The number of carboxylic acid groups (broad SMARTS) is 1. The van der Waals surface area contributed by atoms with E-state index in [4.69, 9.17) is 14.6 Å². The van der Waals surface area contributed by atoms with Gasteiger partial charge in [-0.25, -0.2) is 9.78 Å². The lowest BCUT2D eigenvalue weighted by molar-refractivity contribution is -0.678. The Morgan fingerprint density at radius 3 is 3.07 bits per heavy atom. The molecule has 1 atom stereocenters. The lowest BCUT2D eigenvalue weighted by atomic mass is 9.93. The van der Waals surface area contributed by atoms with Gasteiger partial charge in [-0.3, -0.25) is 0 Å². The second-order valence-corrected chi connectivity index (χ2v) is 6.66. The summed E-state index contributed by atoms with van der Waals surface area (Å²) < 4.78 is 13.8. The van der Waals surface area contributed by atoms with Crippen molar-refractivity contribution in [1.82, 2.24) is 4.98 Å². The Bertz CT molecular complexity index is 1110. The molecule has 3 heterocycles. The molecule has 5 rings (SSSR count). The zero-order valence-corrected chi connectivity index (χ0v) is 14.5. The van der Waals surface area contributed by atoms with Crippen LogP contribution in [0.1, 0.15) is 17.7 Å². The highest BCUT2D eigenvalue weighted by molar-refractivity contribution is 5.86. The van der Waals surface area contributed by atoms with Crippen molar-refractivity contribution in [3.63, 3.8) is 0 Å². The topological polar surface area (TPSA) is 72.5 Å². The highest BCUT2D eigenvalue weighted by Crippen LogP contribution is 2.38. The number of para-hydroxylation sites is 2. The van der Waals surface area contributed by atoms with Gasteiger partial charge in [-0.1, -0.05) is 12.1 Å². The number of nitrogens with zero attached hydrogens (tertiary/aromatic N) is 2. The molecule has 6 heteroatoms. The highest BCUT2D eigenvalue weighted by Gasteiger charge is 2.36. The molecule has 1 N–H and O–H groups in total. The fourth-order valence-corrected chi connectivity index (χ4v) is 3.75. The molecule has 27 heavy (non-hydrogen) atoms. The third-order valence-corrected chi connectivity index (χ3v) is 4.97. The smallest absolute Gasteiger partial charge is 0.341 e. The Kier molecular flexibility index (Phi) is 3.57. The van der Waals surface area contributed by atoms with Crippen LogP contribution in [0.5, 0.6) is 11.5 Å². The maximum atomic E-state index is 10.7. The van der Waals surface area contributed by atoms with E-state index in [1.165, 1.54) is 0 Å². The van der Waals surface area contributed by atoms with Crippen molar-refractivity contribution in [3.8, 4) is 11.5 Å². The van der Waals surface area contributed by atoms with Crippen LogP contribution in [0.3, 0.4) is 0 Å². The normalized spacial score (nSPS) is 17.2. The molecule has 2 aliphatic heterocycles. The maximum Gasteiger partial charge on any atom is 0.341 e. The van der Waals surface area contributed by atoms with Gasteiger partial charge in [0.1, 0.15) is 23.1 Å². The van der Waals surface area contributed by atoms with Crippen LogP contribution < -0.4 is 14.0 Å². The van der Waals surface area contributed by atoms with Gasteiger partial charge in [-0.05, 0) is 24.3 Å². The second kappa shape index (κ2) is 6.09. The number of carboxylic acids is 1. The number of carbonyl (C=O) groups is 1. The lowest BCUT2D eigenvalue weighted by Crippen LogP contribution is -2.47. The summed E-state index contributed by atoms with van der Waals surface area (Å²) >= 11 is 0. The molecule has 0 amide bonds. The lowest BCUT2D eigenvalue weighted by Gasteiger charge is -2.29. The first-order chi connectivity index (χ1) is 13.2. The average molecular weight is 361 g/mol. The summed E-state index contributed by atoms with van der Waals surface area (Å²) in [5.41, 5.74) is 5.24. The predicted octanol–water partition coefficient (Wildman–Crippen LogP) is 2.69.